The van der Waals surface area contributed by atoms with Gasteiger partial charge in [-0.1, -0.05) is 45.9 Å². The molecule has 23 heavy (non-hydrogen) atoms. The first-order valence-electron chi connectivity index (χ1n) is 7.83. The molecule has 0 spiro atoms. The first kappa shape index (κ1) is 17.2. The monoisotopic (exact) mass is 317 g/mol. The zero-order chi connectivity index (χ0) is 17.2. The molecule has 0 aliphatic carbocycles. The van der Waals surface area contributed by atoms with Crippen molar-refractivity contribution in [3.63, 3.8) is 0 Å². The molecule has 5 heteroatoms. The van der Waals surface area contributed by atoms with Crippen molar-refractivity contribution in [1.29, 1.82) is 0 Å². The SMILES string of the molecule is CC(=O)O[C@@H](C(C)C)[C@@]1(C(C)C)OC(c2ccccc2)=NC1=O. The minimum Gasteiger partial charge on any atom is -0.457 e. The van der Waals surface area contributed by atoms with Crippen LogP contribution in [0, 0.1) is 11.8 Å². The maximum absolute atomic E-state index is 12.7. The predicted octanol–water partition coefficient (Wildman–Crippen LogP) is 2.97. The molecule has 0 N–H and O–H groups in total. The lowest BCUT2D eigenvalue weighted by atomic mass is 9.79. The molecule has 1 aliphatic rings. The Morgan fingerprint density at radius 2 is 1.78 bits per heavy atom. The van der Waals surface area contributed by atoms with E-state index in [4.69, 9.17) is 9.47 Å². The summed E-state index contributed by atoms with van der Waals surface area (Å²) in [6.07, 6.45) is -0.697. The van der Waals surface area contributed by atoms with Gasteiger partial charge in [-0.15, -0.1) is 0 Å². The number of hydrogen-bond donors (Lipinski definition) is 0. The van der Waals surface area contributed by atoms with Gasteiger partial charge in [-0.3, -0.25) is 9.59 Å². The molecule has 1 heterocycles. The summed E-state index contributed by atoms with van der Waals surface area (Å²) in [6, 6.07) is 9.25. The Hall–Kier alpha value is -2.17. The number of esters is 1. The van der Waals surface area contributed by atoms with E-state index < -0.39 is 23.6 Å². The summed E-state index contributed by atoms with van der Waals surface area (Å²) < 4.78 is 11.5. The third-order valence-corrected chi connectivity index (χ3v) is 4.00. The van der Waals surface area contributed by atoms with Crippen LogP contribution in [0.1, 0.15) is 40.2 Å². The second kappa shape index (κ2) is 6.52. The molecule has 0 radical (unpaired) electrons. The van der Waals surface area contributed by atoms with E-state index in [9.17, 15) is 9.59 Å². The van der Waals surface area contributed by atoms with Crippen molar-refractivity contribution >= 4 is 17.8 Å². The number of benzene rings is 1. The van der Waals surface area contributed by atoms with Gasteiger partial charge in [-0.25, -0.2) is 0 Å². The van der Waals surface area contributed by atoms with Crippen molar-refractivity contribution in [3.8, 4) is 0 Å². The smallest absolute Gasteiger partial charge is 0.303 e. The Kier molecular flexibility index (Phi) is 4.88. The van der Waals surface area contributed by atoms with Crippen LogP contribution >= 0.6 is 0 Å². The molecule has 124 valence electrons. The van der Waals surface area contributed by atoms with Gasteiger partial charge in [0.1, 0.15) is 0 Å². The molecule has 2 rings (SSSR count). The number of hydrogen-bond acceptors (Lipinski definition) is 4. The van der Waals surface area contributed by atoms with Crippen molar-refractivity contribution in [2.24, 2.45) is 16.8 Å². The lowest BCUT2D eigenvalue weighted by Crippen LogP contribution is -2.56. The molecule has 1 amide bonds. The molecule has 0 bridgehead atoms. The van der Waals surface area contributed by atoms with E-state index in [1.165, 1.54) is 6.92 Å². The summed E-state index contributed by atoms with van der Waals surface area (Å²) in [7, 11) is 0. The Bertz CT molecular complexity index is 621. The fourth-order valence-electron chi connectivity index (χ4n) is 2.88. The fraction of sp³-hybridized carbons (Fsp3) is 0.500. The average molecular weight is 317 g/mol. The number of carbonyl (C=O) groups excluding carboxylic acids is 2. The van der Waals surface area contributed by atoms with Crippen LogP contribution in [0.2, 0.25) is 0 Å². The first-order valence-corrected chi connectivity index (χ1v) is 7.83. The van der Waals surface area contributed by atoms with E-state index in [-0.39, 0.29) is 17.7 Å². The van der Waals surface area contributed by atoms with Crippen LogP contribution < -0.4 is 0 Å². The average Bonchev–Trinajstić information content (AvgIpc) is 2.84. The van der Waals surface area contributed by atoms with Gasteiger partial charge in [0.15, 0.2) is 6.10 Å². The van der Waals surface area contributed by atoms with E-state index in [1.54, 1.807) is 0 Å². The molecular weight excluding hydrogens is 294 g/mol. The second-order valence-corrected chi connectivity index (χ2v) is 6.41. The summed E-state index contributed by atoms with van der Waals surface area (Å²) in [5, 5.41) is 0. The van der Waals surface area contributed by atoms with E-state index in [0.717, 1.165) is 5.56 Å². The number of amides is 1. The molecule has 1 aromatic carbocycles. The minimum atomic E-state index is -1.29. The molecule has 0 aromatic heterocycles. The van der Waals surface area contributed by atoms with E-state index in [0.29, 0.717) is 0 Å². The van der Waals surface area contributed by atoms with E-state index in [2.05, 4.69) is 4.99 Å². The number of nitrogens with zero attached hydrogens (tertiary/aromatic N) is 1. The highest BCUT2D eigenvalue weighted by atomic mass is 16.6. The number of rotatable bonds is 5. The fourth-order valence-corrected chi connectivity index (χ4v) is 2.88. The summed E-state index contributed by atoms with van der Waals surface area (Å²) in [5.74, 6) is -0.844. The Labute approximate surface area is 136 Å². The van der Waals surface area contributed by atoms with Crippen LogP contribution in [-0.4, -0.2) is 29.5 Å². The zero-order valence-electron chi connectivity index (χ0n) is 14.2. The summed E-state index contributed by atoms with van der Waals surface area (Å²) in [4.78, 5) is 28.4. The number of aliphatic imine (C=N–C) groups is 1. The topological polar surface area (TPSA) is 65.0 Å². The third-order valence-electron chi connectivity index (χ3n) is 4.00. The van der Waals surface area contributed by atoms with Gasteiger partial charge in [0.2, 0.25) is 11.5 Å². The highest BCUT2D eigenvalue weighted by Gasteiger charge is 2.58. The van der Waals surface area contributed by atoms with Crippen LogP contribution in [0.5, 0.6) is 0 Å². The normalized spacial score (nSPS) is 22.0. The highest BCUT2D eigenvalue weighted by molar-refractivity contribution is 6.09. The molecule has 2 atom stereocenters. The maximum Gasteiger partial charge on any atom is 0.303 e. The van der Waals surface area contributed by atoms with Crippen molar-refractivity contribution in [3.05, 3.63) is 35.9 Å². The third kappa shape index (κ3) is 3.14. The van der Waals surface area contributed by atoms with Crippen molar-refractivity contribution < 1.29 is 19.1 Å². The van der Waals surface area contributed by atoms with Gasteiger partial charge in [0.05, 0.1) is 0 Å². The maximum atomic E-state index is 12.7. The van der Waals surface area contributed by atoms with Crippen LogP contribution in [0.4, 0.5) is 0 Å². The summed E-state index contributed by atoms with van der Waals surface area (Å²) in [6.45, 7) is 8.88. The molecule has 1 aliphatic heterocycles. The summed E-state index contributed by atoms with van der Waals surface area (Å²) >= 11 is 0. The molecule has 0 saturated carbocycles. The largest absolute Gasteiger partial charge is 0.457 e. The van der Waals surface area contributed by atoms with Crippen molar-refractivity contribution in [2.45, 2.75) is 46.3 Å². The molecule has 0 unspecified atom stereocenters. The lowest BCUT2D eigenvalue weighted by molar-refractivity contribution is -0.175. The molecule has 5 nitrogen and oxygen atoms in total. The highest BCUT2D eigenvalue weighted by Crippen LogP contribution is 2.38. The standard InChI is InChI=1S/C18H23NO4/c1-11(2)15(22-13(5)20)18(12(3)4)17(21)19-16(23-18)14-9-7-6-8-10-14/h6-12,15H,1-5H3/t15-,18+/m0/s1. The van der Waals surface area contributed by atoms with E-state index in [1.807, 2.05) is 58.0 Å². The summed E-state index contributed by atoms with van der Waals surface area (Å²) in [5.41, 5.74) is -0.556. The van der Waals surface area contributed by atoms with Gasteiger partial charge in [-0.2, -0.15) is 4.99 Å². The molecule has 0 fully saturated rings. The lowest BCUT2D eigenvalue weighted by Gasteiger charge is -2.39. The Morgan fingerprint density at radius 3 is 2.26 bits per heavy atom. The quantitative estimate of drug-likeness (QED) is 0.783. The van der Waals surface area contributed by atoms with Gasteiger partial charge >= 0.3 is 5.97 Å². The van der Waals surface area contributed by atoms with Gasteiger partial charge < -0.3 is 9.47 Å². The van der Waals surface area contributed by atoms with Crippen LogP contribution in [0.15, 0.2) is 35.3 Å². The van der Waals surface area contributed by atoms with Crippen molar-refractivity contribution in [2.75, 3.05) is 0 Å². The molecule has 0 saturated heterocycles. The van der Waals surface area contributed by atoms with Gasteiger partial charge in [0.25, 0.3) is 5.91 Å². The Morgan fingerprint density at radius 1 is 1.17 bits per heavy atom. The van der Waals surface area contributed by atoms with E-state index >= 15 is 0 Å². The van der Waals surface area contributed by atoms with Crippen LogP contribution in [-0.2, 0) is 19.1 Å². The number of ether oxygens (including phenoxy) is 2. The van der Waals surface area contributed by atoms with Gasteiger partial charge in [0, 0.05) is 18.4 Å². The Balaban J connectivity index is 2.43. The molecule has 1 aromatic rings. The second-order valence-electron chi connectivity index (χ2n) is 6.41. The predicted molar refractivity (Wildman–Crippen MR) is 87.0 cm³/mol. The van der Waals surface area contributed by atoms with Crippen molar-refractivity contribution in [1.82, 2.24) is 0 Å². The minimum absolute atomic E-state index is 0.0874. The molecular formula is C18H23NO4. The van der Waals surface area contributed by atoms with Gasteiger partial charge in [-0.05, 0) is 18.1 Å². The van der Waals surface area contributed by atoms with Crippen LogP contribution in [0.25, 0.3) is 0 Å². The van der Waals surface area contributed by atoms with Crippen LogP contribution in [0.3, 0.4) is 0 Å². The number of carbonyl (C=O) groups is 2. The first-order chi connectivity index (χ1) is 10.8. The zero-order valence-corrected chi connectivity index (χ0v) is 14.2.